The second kappa shape index (κ2) is 4.49. The number of aromatic nitrogens is 3. The average molecular weight is 298 g/mol. The quantitative estimate of drug-likeness (QED) is 0.727. The van der Waals surface area contributed by atoms with Gasteiger partial charge in [-0.2, -0.15) is 13.2 Å². The van der Waals surface area contributed by atoms with Gasteiger partial charge in [-0.3, -0.25) is 4.98 Å². The van der Waals surface area contributed by atoms with Crippen molar-refractivity contribution in [1.29, 1.82) is 0 Å². The van der Waals surface area contributed by atoms with Gasteiger partial charge in [0.25, 0.3) is 0 Å². The largest absolute Gasteiger partial charge is 0.416 e. The monoisotopic (exact) mass is 297 g/mol. The topological polar surface area (TPSA) is 41.6 Å². The zero-order valence-electron chi connectivity index (χ0n) is 9.87. The molecule has 2 aromatic heterocycles. The van der Waals surface area contributed by atoms with E-state index in [1.807, 2.05) is 0 Å². The maximum atomic E-state index is 12.6. The number of fused-ring (bicyclic) bond motifs is 1. The first-order valence-electron chi connectivity index (χ1n) is 5.62. The highest BCUT2D eigenvalue weighted by Crippen LogP contribution is 2.32. The predicted molar refractivity (Wildman–Crippen MR) is 69.3 cm³/mol. The maximum absolute atomic E-state index is 12.6. The van der Waals surface area contributed by atoms with Gasteiger partial charge in [0.05, 0.1) is 21.6 Å². The molecule has 102 valence electrons. The zero-order chi connectivity index (χ0) is 14.3. The standard InChI is InChI=1S/C13H7ClF3N3/c14-9-6-18-4-3-8(9)12-19-10-2-1-7(13(15,16)17)5-11(10)20-12/h1-6H,(H,19,20). The van der Waals surface area contributed by atoms with Crippen molar-refractivity contribution in [1.82, 2.24) is 15.0 Å². The van der Waals surface area contributed by atoms with E-state index in [4.69, 9.17) is 11.6 Å². The van der Waals surface area contributed by atoms with Gasteiger partial charge in [0.15, 0.2) is 0 Å². The van der Waals surface area contributed by atoms with Crippen molar-refractivity contribution >= 4 is 22.6 Å². The number of benzene rings is 1. The van der Waals surface area contributed by atoms with Crippen LogP contribution in [0.5, 0.6) is 0 Å². The molecule has 0 fully saturated rings. The number of rotatable bonds is 1. The van der Waals surface area contributed by atoms with Gasteiger partial charge in [-0.15, -0.1) is 0 Å². The number of aromatic amines is 1. The Balaban J connectivity index is 2.14. The highest BCUT2D eigenvalue weighted by molar-refractivity contribution is 6.33. The number of halogens is 4. The SMILES string of the molecule is FC(F)(F)c1ccc2nc(-c3ccncc3Cl)[nH]c2c1. The molecule has 0 saturated carbocycles. The molecule has 0 saturated heterocycles. The van der Waals surface area contributed by atoms with Crippen molar-refractivity contribution in [2.24, 2.45) is 0 Å². The third kappa shape index (κ3) is 2.22. The molecule has 0 unspecified atom stereocenters. The van der Waals surface area contributed by atoms with Crippen LogP contribution >= 0.6 is 11.6 Å². The van der Waals surface area contributed by atoms with E-state index in [2.05, 4.69) is 15.0 Å². The number of nitrogens with one attached hydrogen (secondary N) is 1. The number of imidazole rings is 1. The molecule has 3 nitrogen and oxygen atoms in total. The van der Waals surface area contributed by atoms with Gasteiger partial charge >= 0.3 is 6.18 Å². The minimum absolute atomic E-state index is 0.308. The Kier molecular flexibility index (Phi) is 2.90. The minimum Gasteiger partial charge on any atom is -0.338 e. The molecule has 0 bridgehead atoms. The summed E-state index contributed by atoms with van der Waals surface area (Å²) >= 11 is 5.99. The second-order valence-corrected chi connectivity index (χ2v) is 4.58. The molecule has 0 aliphatic heterocycles. The van der Waals surface area contributed by atoms with Crippen LogP contribution in [0.15, 0.2) is 36.7 Å². The van der Waals surface area contributed by atoms with E-state index >= 15 is 0 Å². The van der Waals surface area contributed by atoms with Gasteiger partial charge in [-0.05, 0) is 24.3 Å². The van der Waals surface area contributed by atoms with Crippen LogP contribution in [0.4, 0.5) is 13.2 Å². The van der Waals surface area contributed by atoms with Gasteiger partial charge in [-0.1, -0.05) is 11.6 Å². The van der Waals surface area contributed by atoms with E-state index in [0.29, 0.717) is 27.4 Å². The Morgan fingerprint density at radius 2 is 1.95 bits per heavy atom. The lowest BCUT2D eigenvalue weighted by molar-refractivity contribution is -0.137. The van der Waals surface area contributed by atoms with Crippen molar-refractivity contribution in [3.63, 3.8) is 0 Å². The van der Waals surface area contributed by atoms with Gasteiger partial charge in [0.2, 0.25) is 0 Å². The number of hydrogen-bond donors (Lipinski definition) is 1. The van der Waals surface area contributed by atoms with Crippen LogP contribution in [0.2, 0.25) is 5.02 Å². The summed E-state index contributed by atoms with van der Waals surface area (Å²) in [4.78, 5) is 10.9. The van der Waals surface area contributed by atoms with E-state index in [0.717, 1.165) is 12.1 Å². The van der Waals surface area contributed by atoms with Crippen molar-refractivity contribution in [3.05, 3.63) is 47.2 Å². The molecule has 7 heteroatoms. The molecule has 1 aromatic carbocycles. The van der Waals surface area contributed by atoms with Crippen LogP contribution in [-0.4, -0.2) is 15.0 Å². The normalized spacial score (nSPS) is 12.0. The lowest BCUT2D eigenvalue weighted by Gasteiger charge is -2.05. The molecule has 3 rings (SSSR count). The van der Waals surface area contributed by atoms with Crippen molar-refractivity contribution in [2.45, 2.75) is 6.18 Å². The van der Waals surface area contributed by atoms with Crippen molar-refractivity contribution < 1.29 is 13.2 Å². The summed E-state index contributed by atoms with van der Waals surface area (Å²) in [5.41, 5.74) is 0.621. The molecule has 0 amide bonds. The highest BCUT2D eigenvalue weighted by atomic mass is 35.5. The zero-order valence-corrected chi connectivity index (χ0v) is 10.6. The molecule has 3 aromatic rings. The van der Waals surface area contributed by atoms with Crippen molar-refractivity contribution in [2.75, 3.05) is 0 Å². The molecule has 0 aliphatic rings. The molecule has 0 spiro atoms. The van der Waals surface area contributed by atoms with Crippen LogP contribution in [0.1, 0.15) is 5.56 Å². The van der Waals surface area contributed by atoms with Crippen LogP contribution in [0.25, 0.3) is 22.4 Å². The molecule has 0 atom stereocenters. The molecular formula is C13H7ClF3N3. The van der Waals surface area contributed by atoms with Gasteiger partial charge in [0.1, 0.15) is 5.82 Å². The molecule has 2 heterocycles. The fourth-order valence-corrected chi connectivity index (χ4v) is 2.09. The number of hydrogen-bond acceptors (Lipinski definition) is 2. The van der Waals surface area contributed by atoms with Crippen LogP contribution in [0, 0.1) is 0 Å². The number of nitrogens with zero attached hydrogens (tertiary/aromatic N) is 2. The first kappa shape index (κ1) is 12.9. The fourth-order valence-electron chi connectivity index (χ4n) is 1.88. The number of pyridine rings is 1. The lowest BCUT2D eigenvalue weighted by atomic mass is 10.2. The summed E-state index contributed by atoms with van der Waals surface area (Å²) < 4.78 is 37.9. The second-order valence-electron chi connectivity index (χ2n) is 4.17. The fraction of sp³-hybridized carbons (Fsp3) is 0.0769. The maximum Gasteiger partial charge on any atom is 0.416 e. The first-order chi connectivity index (χ1) is 9.45. The predicted octanol–water partition coefficient (Wildman–Crippen LogP) is 4.30. The van der Waals surface area contributed by atoms with Crippen LogP contribution in [-0.2, 0) is 6.18 Å². The van der Waals surface area contributed by atoms with Crippen LogP contribution < -0.4 is 0 Å². The molecule has 0 aliphatic carbocycles. The summed E-state index contributed by atoms with van der Waals surface area (Å²) in [7, 11) is 0. The van der Waals surface area contributed by atoms with E-state index in [-0.39, 0.29) is 0 Å². The Labute approximate surface area is 116 Å². The van der Waals surface area contributed by atoms with Gasteiger partial charge in [-0.25, -0.2) is 4.98 Å². The first-order valence-corrected chi connectivity index (χ1v) is 6.00. The number of H-pyrrole nitrogens is 1. The Bertz CT molecular complexity index is 780. The summed E-state index contributed by atoms with van der Waals surface area (Å²) in [6, 6.07) is 5.00. The van der Waals surface area contributed by atoms with E-state index in [1.165, 1.54) is 18.5 Å². The summed E-state index contributed by atoms with van der Waals surface area (Å²) in [5.74, 6) is 0.409. The molecule has 0 radical (unpaired) electrons. The highest BCUT2D eigenvalue weighted by Gasteiger charge is 2.30. The summed E-state index contributed by atoms with van der Waals surface area (Å²) in [6.07, 6.45) is -1.39. The Hall–Kier alpha value is -2.08. The van der Waals surface area contributed by atoms with E-state index < -0.39 is 11.7 Å². The Morgan fingerprint density at radius 1 is 1.15 bits per heavy atom. The third-order valence-corrected chi connectivity index (χ3v) is 3.14. The minimum atomic E-state index is -4.38. The smallest absolute Gasteiger partial charge is 0.338 e. The van der Waals surface area contributed by atoms with Crippen LogP contribution in [0.3, 0.4) is 0 Å². The van der Waals surface area contributed by atoms with E-state index in [1.54, 1.807) is 6.07 Å². The summed E-state index contributed by atoms with van der Waals surface area (Å²) in [5, 5.41) is 0.377. The van der Waals surface area contributed by atoms with Crippen molar-refractivity contribution in [3.8, 4) is 11.4 Å². The third-order valence-electron chi connectivity index (χ3n) is 2.84. The Morgan fingerprint density at radius 3 is 2.65 bits per heavy atom. The average Bonchev–Trinajstić information content (AvgIpc) is 2.80. The summed E-state index contributed by atoms with van der Waals surface area (Å²) in [6.45, 7) is 0. The van der Waals surface area contributed by atoms with E-state index in [9.17, 15) is 13.2 Å². The van der Waals surface area contributed by atoms with Gasteiger partial charge < -0.3 is 4.98 Å². The molecular weight excluding hydrogens is 291 g/mol. The molecule has 20 heavy (non-hydrogen) atoms. The number of alkyl halides is 3. The van der Waals surface area contributed by atoms with Gasteiger partial charge in [0, 0.05) is 18.0 Å². The molecule has 1 N–H and O–H groups in total. The lowest BCUT2D eigenvalue weighted by Crippen LogP contribution is -2.04.